The molecule has 1 saturated heterocycles. The third kappa shape index (κ3) is 6.23. The van der Waals surface area contributed by atoms with E-state index in [0.717, 1.165) is 12.1 Å². The number of sulfonamides is 1. The number of halogens is 4. The maximum Gasteiger partial charge on any atom is 0.421 e. The minimum atomic E-state index is -4.88. The minimum absolute atomic E-state index is 0.0247. The number of piperazine rings is 1. The van der Waals surface area contributed by atoms with E-state index < -0.39 is 44.8 Å². The maximum atomic E-state index is 13.4. The fourth-order valence-electron chi connectivity index (χ4n) is 4.42. The number of anilines is 1. The van der Waals surface area contributed by atoms with Crippen LogP contribution < -0.4 is 4.90 Å². The van der Waals surface area contributed by atoms with E-state index in [0.29, 0.717) is 28.8 Å². The molecule has 0 amide bonds. The predicted octanol–water partition coefficient (Wildman–Crippen LogP) is 4.44. The lowest BCUT2D eigenvalue weighted by molar-refractivity contribution is -0.258. The SMILES string of the molecule is CC(O)(c1ccc(N2CCN(S(=O)(=O)C3=CC=CCC3=S)C[C@@H]2C[S+]([O-])c2ccc(F)cc2)cc1)C(F)(F)F. The summed E-state index contributed by atoms with van der Waals surface area (Å²) in [4.78, 5) is 2.46. The lowest BCUT2D eigenvalue weighted by atomic mass is 9.95. The van der Waals surface area contributed by atoms with E-state index in [2.05, 4.69) is 0 Å². The summed E-state index contributed by atoms with van der Waals surface area (Å²) in [6.07, 6.45) is 0.273. The van der Waals surface area contributed by atoms with Crippen molar-refractivity contribution in [3.05, 3.63) is 83.0 Å². The molecule has 0 bridgehead atoms. The normalized spacial score (nSPS) is 21.4. The van der Waals surface area contributed by atoms with E-state index in [1.807, 2.05) is 0 Å². The van der Waals surface area contributed by atoms with Crippen molar-refractivity contribution in [2.75, 3.05) is 30.3 Å². The average Bonchev–Trinajstić information content (AvgIpc) is 2.88. The molecule has 13 heteroatoms. The summed E-state index contributed by atoms with van der Waals surface area (Å²) in [5.74, 6) is -0.517. The van der Waals surface area contributed by atoms with E-state index in [-0.39, 0.29) is 35.9 Å². The third-order valence-corrected chi connectivity index (χ3v) is 10.7. The van der Waals surface area contributed by atoms with Gasteiger partial charge >= 0.3 is 6.18 Å². The second-order valence-electron chi connectivity index (χ2n) is 9.38. The summed E-state index contributed by atoms with van der Waals surface area (Å²) >= 11 is 3.63. The van der Waals surface area contributed by atoms with Gasteiger partial charge in [0.05, 0.1) is 10.9 Å². The second kappa shape index (κ2) is 11.3. The highest BCUT2D eigenvalue weighted by Crippen LogP contribution is 2.39. The molecule has 4 rings (SSSR count). The van der Waals surface area contributed by atoms with Crippen LogP contribution in [0.5, 0.6) is 0 Å². The molecule has 0 aromatic heterocycles. The van der Waals surface area contributed by atoms with Crippen LogP contribution >= 0.6 is 12.2 Å². The molecule has 39 heavy (non-hydrogen) atoms. The zero-order valence-corrected chi connectivity index (χ0v) is 23.2. The molecule has 210 valence electrons. The third-order valence-electron chi connectivity index (χ3n) is 6.76. The highest BCUT2D eigenvalue weighted by Gasteiger charge is 2.51. The second-order valence-corrected chi connectivity index (χ2v) is 13.3. The van der Waals surface area contributed by atoms with Crippen LogP contribution in [0.3, 0.4) is 0 Å². The fraction of sp³-hybridized carbons (Fsp3) is 0.346. The van der Waals surface area contributed by atoms with Gasteiger partial charge in [-0.25, -0.2) is 12.8 Å². The predicted molar refractivity (Wildman–Crippen MR) is 146 cm³/mol. The Morgan fingerprint density at radius 2 is 1.74 bits per heavy atom. The Bertz CT molecular complexity index is 1380. The molecule has 2 aromatic carbocycles. The van der Waals surface area contributed by atoms with Crippen LogP contribution in [0.1, 0.15) is 18.9 Å². The van der Waals surface area contributed by atoms with Gasteiger partial charge in [0.15, 0.2) is 10.5 Å². The maximum absolute atomic E-state index is 13.4. The van der Waals surface area contributed by atoms with Gasteiger partial charge in [0.1, 0.15) is 11.6 Å². The Labute approximate surface area is 232 Å². The van der Waals surface area contributed by atoms with Crippen molar-refractivity contribution in [3.8, 4) is 0 Å². The molecule has 0 spiro atoms. The van der Waals surface area contributed by atoms with Crippen LogP contribution in [0.4, 0.5) is 23.2 Å². The largest absolute Gasteiger partial charge is 0.611 e. The number of rotatable bonds is 7. The van der Waals surface area contributed by atoms with Crippen LogP contribution in [0.25, 0.3) is 0 Å². The number of aliphatic hydroxyl groups is 1. The van der Waals surface area contributed by atoms with E-state index in [4.69, 9.17) is 12.2 Å². The summed E-state index contributed by atoms with van der Waals surface area (Å²) in [7, 11) is -3.95. The molecule has 1 aliphatic heterocycles. The van der Waals surface area contributed by atoms with Gasteiger partial charge in [-0.05, 0) is 66.1 Å². The van der Waals surface area contributed by atoms with E-state index in [1.54, 1.807) is 17.1 Å². The Kier molecular flexibility index (Phi) is 8.60. The van der Waals surface area contributed by atoms with Crippen LogP contribution in [0.2, 0.25) is 0 Å². The number of hydrogen-bond donors (Lipinski definition) is 1. The summed E-state index contributed by atoms with van der Waals surface area (Å²) in [6.45, 7) is 0.837. The molecule has 1 fully saturated rings. The van der Waals surface area contributed by atoms with Gasteiger partial charge in [0.25, 0.3) is 0 Å². The first-order valence-corrected chi connectivity index (χ1v) is 15.1. The summed E-state index contributed by atoms with van der Waals surface area (Å²) < 4.78 is 94.7. The average molecular weight is 603 g/mol. The molecular weight excluding hydrogens is 576 g/mol. The highest BCUT2D eigenvalue weighted by atomic mass is 32.2. The Hall–Kier alpha value is -2.29. The molecule has 3 atom stereocenters. The first-order chi connectivity index (χ1) is 18.2. The zero-order chi connectivity index (χ0) is 28.6. The minimum Gasteiger partial charge on any atom is -0.611 e. The number of hydrogen-bond acceptors (Lipinski definition) is 6. The van der Waals surface area contributed by atoms with Crippen molar-refractivity contribution in [2.45, 2.75) is 36.1 Å². The Morgan fingerprint density at radius 3 is 2.33 bits per heavy atom. The van der Waals surface area contributed by atoms with Crippen molar-refractivity contribution in [1.82, 2.24) is 4.31 Å². The molecule has 2 unspecified atom stereocenters. The van der Waals surface area contributed by atoms with Crippen molar-refractivity contribution in [3.63, 3.8) is 0 Å². The quantitative estimate of drug-likeness (QED) is 0.287. The number of benzene rings is 2. The Morgan fingerprint density at radius 1 is 1.10 bits per heavy atom. The lowest BCUT2D eigenvalue weighted by Crippen LogP contribution is -2.57. The summed E-state index contributed by atoms with van der Waals surface area (Å²) in [5, 5.41) is 10.0. The van der Waals surface area contributed by atoms with E-state index in [1.165, 1.54) is 46.8 Å². The van der Waals surface area contributed by atoms with Crippen molar-refractivity contribution < 1.29 is 35.6 Å². The van der Waals surface area contributed by atoms with Gasteiger partial charge in [0, 0.05) is 36.6 Å². The number of allylic oxidation sites excluding steroid dienone is 4. The molecule has 6 nitrogen and oxygen atoms in total. The van der Waals surface area contributed by atoms with E-state index in [9.17, 15) is 35.6 Å². The van der Waals surface area contributed by atoms with Crippen molar-refractivity contribution >= 4 is 44.0 Å². The fourth-order valence-corrected chi connectivity index (χ4v) is 7.76. The van der Waals surface area contributed by atoms with Gasteiger partial charge in [-0.3, -0.25) is 0 Å². The topological polar surface area (TPSA) is 83.9 Å². The molecular formula is C26H26F4N2O4S3. The van der Waals surface area contributed by atoms with Gasteiger partial charge in [-0.2, -0.15) is 17.5 Å². The number of alkyl halides is 3. The molecule has 1 heterocycles. The van der Waals surface area contributed by atoms with Gasteiger partial charge in [-0.15, -0.1) is 0 Å². The monoisotopic (exact) mass is 602 g/mol. The van der Waals surface area contributed by atoms with E-state index >= 15 is 0 Å². The standard InChI is InChI=1S/C26H26F4N2O4S3/c1-25(33,26(28,29)30)18-6-10-20(11-7-18)32-15-14-31(39(35,36)24-5-3-2-4-23(24)37)16-21(32)17-38(34)22-12-8-19(27)9-13-22/h2-3,5-13,21,33H,4,14-17H2,1H3/t21-,25?,38?/m1/s1. The summed E-state index contributed by atoms with van der Waals surface area (Å²) in [5.41, 5.74) is -2.93. The van der Waals surface area contributed by atoms with Gasteiger partial charge in [-0.1, -0.05) is 36.5 Å². The summed E-state index contributed by atoms with van der Waals surface area (Å²) in [6, 6.07) is 9.65. The highest BCUT2D eigenvalue weighted by molar-refractivity contribution is 7.96. The molecule has 2 aromatic rings. The molecule has 1 aliphatic carbocycles. The van der Waals surface area contributed by atoms with Crippen LogP contribution in [-0.4, -0.2) is 64.9 Å². The van der Waals surface area contributed by atoms with Crippen molar-refractivity contribution in [2.24, 2.45) is 0 Å². The molecule has 0 saturated carbocycles. The first kappa shape index (κ1) is 29.7. The number of thiocarbonyl (C=S) groups is 1. The van der Waals surface area contributed by atoms with Crippen molar-refractivity contribution in [1.29, 1.82) is 0 Å². The molecule has 0 radical (unpaired) electrons. The smallest absolute Gasteiger partial charge is 0.421 e. The van der Waals surface area contributed by atoms with Crippen LogP contribution in [-0.2, 0) is 26.8 Å². The van der Waals surface area contributed by atoms with Crippen LogP contribution in [0, 0.1) is 5.82 Å². The van der Waals surface area contributed by atoms with Gasteiger partial charge < -0.3 is 14.6 Å². The van der Waals surface area contributed by atoms with Gasteiger partial charge in [0.2, 0.25) is 10.0 Å². The number of nitrogens with zero attached hydrogens (tertiary/aromatic N) is 2. The zero-order valence-electron chi connectivity index (χ0n) is 20.8. The first-order valence-electron chi connectivity index (χ1n) is 11.9. The molecule has 2 aliphatic rings. The van der Waals surface area contributed by atoms with Crippen LogP contribution in [0.15, 0.2) is 76.6 Å². The molecule has 1 N–H and O–H groups in total. The Balaban J connectivity index is 1.64. The lowest BCUT2D eigenvalue weighted by Gasteiger charge is -2.42.